The van der Waals surface area contributed by atoms with Gasteiger partial charge in [-0.2, -0.15) is 0 Å². The van der Waals surface area contributed by atoms with Crippen molar-refractivity contribution in [3.05, 3.63) is 29.7 Å². The van der Waals surface area contributed by atoms with Crippen LogP contribution in [0.1, 0.15) is 37.1 Å². The van der Waals surface area contributed by atoms with E-state index < -0.39 is 0 Å². The molecule has 0 bridgehead atoms. The summed E-state index contributed by atoms with van der Waals surface area (Å²) in [5.41, 5.74) is 4.23. The van der Waals surface area contributed by atoms with Crippen LogP contribution in [0, 0.1) is 6.92 Å². The van der Waals surface area contributed by atoms with E-state index in [0.29, 0.717) is 39.8 Å². The van der Waals surface area contributed by atoms with Gasteiger partial charge < -0.3 is 19.7 Å². The maximum atomic E-state index is 10.5. The van der Waals surface area contributed by atoms with Gasteiger partial charge >= 0.3 is 0 Å². The summed E-state index contributed by atoms with van der Waals surface area (Å²) in [5, 5.41) is 23.2. The third kappa shape index (κ3) is 2.49. The van der Waals surface area contributed by atoms with Crippen LogP contribution in [0.5, 0.6) is 5.75 Å². The van der Waals surface area contributed by atoms with E-state index in [-0.39, 0.29) is 5.75 Å². The molecule has 2 fully saturated rings. The quantitative estimate of drug-likeness (QED) is 0.710. The maximum absolute atomic E-state index is 10.5. The Morgan fingerprint density at radius 3 is 3.00 bits per heavy atom. The molecule has 6 rings (SSSR count). The molecule has 1 spiro atoms. The topological polar surface area (TPSA) is 87.3 Å². The van der Waals surface area contributed by atoms with Gasteiger partial charge in [0.15, 0.2) is 17.3 Å². The Morgan fingerprint density at radius 1 is 1.25 bits per heavy atom. The highest BCUT2D eigenvalue weighted by atomic mass is 16.3. The molecule has 3 aromatic rings. The number of nitrogens with one attached hydrogen (secondary N) is 1. The molecule has 1 atom stereocenters. The van der Waals surface area contributed by atoms with Gasteiger partial charge in [-0.05, 0) is 50.8 Å². The number of nitrogens with zero attached hydrogens (tertiary/aromatic N) is 4. The first-order valence-electron chi connectivity index (χ1n) is 10.1. The summed E-state index contributed by atoms with van der Waals surface area (Å²) < 4.78 is 5.61. The summed E-state index contributed by atoms with van der Waals surface area (Å²) in [6.07, 6.45) is 5.94. The predicted molar refractivity (Wildman–Crippen MR) is 105 cm³/mol. The molecule has 1 aliphatic carbocycles. The van der Waals surface area contributed by atoms with Crippen LogP contribution in [0.15, 0.2) is 22.6 Å². The fourth-order valence-corrected chi connectivity index (χ4v) is 4.89. The third-order valence-corrected chi connectivity index (χ3v) is 6.53. The summed E-state index contributed by atoms with van der Waals surface area (Å²) in [6.45, 7) is 3.89. The third-order valence-electron chi connectivity index (χ3n) is 6.53. The van der Waals surface area contributed by atoms with E-state index in [1.165, 1.54) is 24.8 Å². The van der Waals surface area contributed by atoms with Crippen molar-refractivity contribution in [1.82, 2.24) is 20.5 Å². The van der Waals surface area contributed by atoms with Crippen LogP contribution in [0.25, 0.3) is 22.4 Å². The first kappa shape index (κ1) is 16.3. The van der Waals surface area contributed by atoms with Crippen LogP contribution in [0.3, 0.4) is 0 Å². The molecule has 0 amide bonds. The molecule has 0 unspecified atom stereocenters. The van der Waals surface area contributed by atoms with E-state index in [2.05, 4.69) is 31.5 Å². The molecule has 2 aromatic heterocycles. The molecule has 7 nitrogen and oxygen atoms in total. The Labute approximate surface area is 162 Å². The Bertz CT molecular complexity index is 1090. The van der Waals surface area contributed by atoms with Crippen LogP contribution in [-0.2, 0) is 6.42 Å². The van der Waals surface area contributed by atoms with E-state index in [4.69, 9.17) is 4.42 Å². The molecule has 3 aliphatic rings. The molecular weight excluding hydrogens is 354 g/mol. The van der Waals surface area contributed by atoms with Gasteiger partial charge in [0.1, 0.15) is 11.3 Å². The number of benzene rings is 1. The number of fused-ring (bicyclic) bond motifs is 2. The second-order valence-corrected chi connectivity index (χ2v) is 8.45. The Hall–Kier alpha value is -2.67. The lowest BCUT2D eigenvalue weighted by molar-refractivity contribution is 0.333. The number of hydrogen-bond acceptors (Lipinski definition) is 7. The zero-order valence-electron chi connectivity index (χ0n) is 15.9. The predicted octanol–water partition coefficient (Wildman–Crippen LogP) is 2.95. The highest BCUT2D eigenvalue weighted by Gasteiger charge is 2.47. The van der Waals surface area contributed by atoms with Crippen LogP contribution >= 0.6 is 0 Å². The van der Waals surface area contributed by atoms with Crippen LogP contribution in [0.4, 0.5) is 5.82 Å². The van der Waals surface area contributed by atoms with Crippen molar-refractivity contribution >= 4 is 16.9 Å². The van der Waals surface area contributed by atoms with Crippen molar-refractivity contribution in [2.45, 2.75) is 50.6 Å². The van der Waals surface area contributed by atoms with Crippen molar-refractivity contribution in [3.63, 3.8) is 0 Å². The summed E-state index contributed by atoms with van der Waals surface area (Å²) in [6, 6.07) is 6.05. The normalized spacial score (nSPS) is 22.8. The van der Waals surface area contributed by atoms with E-state index in [1.54, 1.807) is 19.1 Å². The molecule has 1 saturated carbocycles. The first-order valence-corrected chi connectivity index (χ1v) is 10.1. The van der Waals surface area contributed by atoms with Gasteiger partial charge in [0, 0.05) is 42.2 Å². The number of phenols is 1. The van der Waals surface area contributed by atoms with E-state index >= 15 is 0 Å². The van der Waals surface area contributed by atoms with Gasteiger partial charge in [0.2, 0.25) is 0 Å². The Balaban J connectivity index is 1.34. The van der Waals surface area contributed by atoms with Crippen molar-refractivity contribution in [2.75, 3.05) is 18.0 Å². The molecule has 2 N–H and O–H groups in total. The minimum absolute atomic E-state index is 0.152. The van der Waals surface area contributed by atoms with E-state index in [9.17, 15) is 5.11 Å². The maximum Gasteiger partial charge on any atom is 0.192 e. The number of aryl methyl sites for hydroxylation is 1. The number of phenolic OH excluding ortho intramolecular Hbond substituents is 1. The minimum Gasteiger partial charge on any atom is -0.507 e. The molecule has 28 heavy (non-hydrogen) atoms. The number of rotatable bonds is 2. The summed E-state index contributed by atoms with van der Waals surface area (Å²) in [7, 11) is 0. The summed E-state index contributed by atoms with van der Waals surface area (Å²) in [4.78, 5) is 6.72. The van der Waals surface area contributed by atoms with Crippen molar-refractivity contribution < 1.29 is 9.52 Å². The summed E-state index contributed by atoms with van der Waals surface area (Å²) in [5.74, 6) is 1.75. The van der Waals surface area contributed by atoms with Gasteiger partial charge in [-0.3, -0.25) is 0 Å². The smallest absolute Gasteiger partial charge is 0.192 e. The number of piperidine rings is 1. The second-order valence-electron chi connectivity index (χ2n) is 8.45. The zero-order chi connectivity index (χ0) is 18.9. The minimum atomic E-state index is 0.152. The number of aromatic hydroxyl groups is 1. The standard InChI is InChI=1S/C21H23N5O2/c1-12-23-17-10-18(27)15(9-19(17)28-12)16-8-13-3-7-26(20(13)25-24-16)14-2-6-22-21(11-14)4-5-21/h8-10,14,22,27H,2-7,11H2,1H3/t14-/m0/s1. The highest BCUT2D eigenvalue weighted by molar-refractivity contribution is 5.84. The number of aromatic nitrogens is 3. The van der Waals surface area contributed by atoms with Crippen molar-refractivity contribution in [2.24, 2.45) is 0 Å². The molecule has 1 aromatic carbocycles. The monoisotopic (exact) mass is 377 g/mol. The van der Waals surface area contributed by atoms with Gasteiger partial charge in [-0.15, -0.1) is 10.2 Å². The number of anilines is 1. The Kier molecular flexibility index (Phi) is 3.30. The van der Waals surface area contributed by atoms with Crippen molar-refractivity contribution in [1.29, 1.82) is 0 Å². The van der Waals surface area contributed by atoms with Gasteiger partial charge in [-0.25, -0.2) is 4.98 Å². The lowest BCUT2D eigenvalue weighted by Crippen LogP contribution is -2.49. The van der Waals surface area contributed by atoms with Gasteiger partial charge in [-0.1, -0.05) is 0 Å². The average molecular weight is 377 g/mol. The largest absolute Gasteiger partial charge is 0.507 e. The fourth-order valence-electron chi connectivity index (χ4n) is 4.89. The molecular formula is C21H23N5O2. The van der Waals surface area contributed by atoms with Crippen LogP contribution in [-0.4, -0.2) is 45.0 Å². The molecule has 4 heterocycles. The lowest BCUT2D eigenvalue weighted by Gasteiger charge is -2.37. The number of oxazole rings is 1. The first-order chi connectivity index (χ1) is 13.6. The fraction of sp³-hybridized carbons (Fsp3) is 0.476. The molecule has 0 radical (unpaired) electrons. The van der Waals surface area contributed by atoms with Crippen LogP contribution < -0.4 is 10.2 Å². The lowest BCUT2D eigenvalue weighted by atomic mass is 9.96. The molecule has 144 valence electrons. The molecule has 2 aliphatic heterocycles. The highest BCUT2D eigenvalue weighted by Crippen LogP contribution is 2.45. The molecule has 1 saturated heterocycles. The average Bonchev–Trinajstić information content (AvgIpc) is 3.12. The van der Waals surface area contributed by atoms with Gasteiger partial charge in [0.25, 0.3) is 0 Å². The zero-order valence-corrected chi connectivity index (χ0v) is 15.9. The molecule has 7 heteroatoms. The van der Waals surface area contributed by atoms with Gasteiger partial charge in [0.05, 0.1) is 5.69 Å². The SMILES string of the molecule is Cc1nc2cc(O)c(-c3cc4c(nn3)N([C@H]3CCNC5(CC5)C3)CC4)cc2o1. The number of hydrogen-bond donors (Lipinski definition) is 2. The Morgan fingerprint density at radius 2 is 2.14 bits per heavy atom. The van der Waals surface area contributed by atoms with Crippen molar-refractivity contribution in [3.8, 4) is 17.0 Å². The van der Waals surface area contributed by atoms with E-state index in [1.807, 2.05) is 0 Å². The summed E-state index contributed by atoms with van der Waals surface area (Å²) >= 11 is 0. The van der Waals surface area contributed by atoms with E-state index in [0.717, 1.165) is 31.7 Å². The second kappa shape index (κ2) is 5.67. The van der Waals surface area contributed by atoms with Crippen LogP contribution in [0.2, 0.25) is 0 Å².